The molecule has 0 saturated heterocycles. The van der Waals surface area contributed by atoms with Gasteiger partial charge in [-0.3, -0.25) is 4.79 Å². The fourth-order valence-corrected chi connectivity index (χ4v) is 2.03. The summed E-state index contributed by atoms with van der Waals surface area (Å²) in [6.07, 6.45) is -0.177. The van der Waals surface area contributed by atoms with Crippen molar-refractivity contribution in [1.29, 1.82) is 0 Å². The van der Waals surface area contributed by atoms with Crippen LogP contribution in [0.5, 0.6) is 11.5 Å². The van der Waals surface area contributed by atoms with E-state index in [2.05, 4.69) is 0 Å². The van der Waals surface area contributed by atoms with Crippen LogP contribution in [-0.2, 0) is 21.4 Å². The van der Waals surface area contributed by atoms with Gasteiger partial charge in [-0.15, -0.1) is 0 Å². The molecule has 8 nitrogen and oxygen atoms in total. The highest BCUT2D eigenvalue weighted by Crippen LogP contribution is 2.25. The van der Waals surface area contributed by atoms with Gasteiger partial charge in [0.05, 0.1) is 0 Å². The summed E-state index contributed by atoms with van der Waals surface area (Å²) < 4.78 is 26.4. The third kappa shape index (κ3) is 4.39. The maximum Gasteiger partial charge on any atom is 0.322 e. The van der Waals surface area contributed by atoms with E-state index in [1.54, 1.807) is 0 Å². The molecule has 0 radical (unpaired) electrons. The molecule has 1 rings (SSSR count). The zero-order valence-corrected chi connectivity index (χ0v) is 10.8. The van der Waals surface area contributed by atoms with Crippen LogP contribution in [0.25, 0.3) is 0 Å². The summed E-state index contributed by atoms with van der Waals surface area (Å²) in [5, 5.41) is 27.4. The molecule has 0 heterocycles. The van der Waals surface area contributed by atoms with Crippen LogP contribution in [0.2, 0.25) is 0 Å². The summed E-state index contributed by atoms with van der Waals surface area (Å²) >= 11 is 0. The van der Waals surface area contributed by atoms with E-state index in [4.69, 9.17) is 10.2 Å². The van der Waals surface area contributed by atoms with Crippen molar-refractivity contribution in [3.05, 3.63) is 23.8 Å². The first-order valence-electron chi connectivity index (χ1n) is 5.19. The lowest BCUT2D eigenvalue weighted by molar-refractivity contribution is -0.138. The van der Waals surface area contributed by atoms with Crippen LogP contribution in [0.15, 0.2) is 18.2 Å². The number of aromatic hydroxyl groups is 2. The Morgan fingerprint density at radius 1 is 1.32 bits per heavy atom. The second-order valence-corrected chi connectivity index (χ2v) is 5.39. The van der Waals surface area contributed by atoms with Gasteiger partial charge in [-0.05, 0) is 24.1 Å². The van der Waals surface area contributed by atoms with Crippen molar-refractivity contribution in [2.75, 3.05) is 7.05 Å². The molecule has 0 spiro atoms. The van der Waals surface area contributed by atoms with Crippen molar-refractivity contribution in [2.45, 2.75) is 12.5 Å². The van der Waals surface area contributed by atoms with E-state index in [0.29, 0.717) is 5.56 Å². The first kappa shape index (κ1) is 15.2. The monoisotopic (exact) mass is 290 g/mol. The van der Waals surface area contributed by atoms with Gasteiger partial charge in [0, 0.05) is 7.05 Å². The van der Waals surface area contributed by atoms with E-state index in [1.165, 1.54) is 18.2 Å². The summed E-state index contributed by atoms with van der Waals surface area (Å²) in [7, 11) is -2.75. The second-order valence-electron chi connectivity index (χ2n) is 3.74. The number of carboxylic acids is 1. The molecule has 0 aromatic heterocycles. The smallest absolute Gasteiger partial charge is 0.322 e. The molecule has 0 aliphatic carbocycles. The van der Waals surface area contributed by atoms with Gasteiger partial charge in [0.2, 0.25) is 0 Å². The molecule has 1 aromatic carbocycles. The van der Waals surface area contributed by atoms with Crippen molar-refractivity contribution in [2.24, 2.45) is 0 Å². The van der Waals surface area contributed by atoms with E-state index in [9.17, 15) is 18.3 Å². The maximum atomic E-state index is 11.3. The van der Waals surface area contributed by atoms with Gasteiger partial charge in [-0.1, -0.05) is 6.07 Å². The molecule has 106 valence electrons. The van der Waals surface area contributed by atoms with Gasteiger partial charge in [0.1, 0.15) is 6.04 Å². The number of hydrogen-bond donors (Lipinski definition) is 5. The van der Waals surface area contributed by atoms with E-state index in [1.807, 2.05) is 9.44 Å². The van der Waals surface area contributed by atoms with Gasteiger partial charge >= 0.3 is 5.97 Å². The highest BCUT2D eigenvalue weighted by molar-refractivity contribution is 7.87. The number of nitrogens with one attached hydrogen (secondary N) is 2. The van der Waals surface area contributed by atoms with Gasteiger partial charge in [0.25, 0.3) is 10.2 Å². The van der Waals surface area contributed by atoms with Crippen LogP contribution < -0.4 is 9.44 Å². The standard InChI is InChI=1S/C10H14N2O6S/c1-11-19(17,18)12-7(10(15)16)4-6-2-3-8(13)9(14)5-6/h2-3,5,7,11-14H,4H2,1H3,(H,15,16)/t7-/m0/s1. The zero-order valence-electron chi connectivity index (χ0n) is 9.99. The van der Waals surface area contributed by atoms with E-state index < -0.39 is 28.0 Å². The molecule has 0 amide bonds. The first-order valence-corrected chi connectivity index (χ1v) is 6.68. The number of carboxylic acid groups (broad SMARTS) is 1. The summed E-state index contributed by atoms with van der Waals surface area (Å²) in [5.41, 5.74) is 0.363. The fraction of sp³-hybridized carbons (Fsp3) is 0.300. The zero-order chi connectivity index (χ0) is 14.6. The normalized spacial score (nSPS) is 13.1. The average Bonchev–Trinajstić information content (AvgIpc) is 2.32. The lowest BCUT2D eigenvalue weighted by atomic mass is 10.1. The molecule has 0 bridgehead atoms. The van der Waals surface area contributed by atoms with Crippen LogP contribution in [-0.4, -0.2) is 42.8 Å². The van der Waals surface area contributed by atoms with Crippen LogP contribution >= 0.6 is 0 Å². The Hall–Kier alpha value is -1.84. The molecular weight excluding hydrogens is 276 g/mol. The molecule has 0 unspecified atom stereocenters. The predicted molar refractivity (Wildman–Crippen MR) is 66.0 cm³/mol. The molecule has 0 aliphatic rings. The second kappa shape index (κ2) is 5.87. The highest BCUT2D eigenvalue weighted by atomic mass is 32.2. The molecule has 1 aromatic rings. The van der Waals surface area contributed by atoms with Gasteiger partial charge in [0.15, 0.2) is 11.5 Å². The Morgan fingerprint density at radius 3 is 2.42 bits per heavy atom. The molecule has 1 atom stereocenters. The number of rotatable bonds is 6. The Labute approximate surface area is 109 Å². The summed E-state index contributed by atoms with van der Waals surface area (Å²) in [6, 6.07) is 2.36. The van der Waals surface area contributed by atoms with E-state index in [-0.39, 0.29) is 12.2 Å². The molecule has 0 saturated carbocycles. The summed E-state index contributed by atoms with van der Waals surface area (Å²) in [4.78, 5) is 11.0. The van der Waals surface area contributed by atoms with E-state index in [0.717, 1.165) is 7.05 Å². The number of benzene rings is 1. The summed E-state index contributed by atoms with van der Waals surface area (Å²) in [6.45, 7) is 0. The van der Waals surface area contributed by atoms with Crippen molar-refractivity contribution < 1.29 is 28.5 Å². The van der Waals surface area contributed by atoms with Gasteiger partial charge in [-0.2, -0.15) is 13.1 Å². The Balaban J connectivity index is 2.90. The van der Waals surface area contributed by atoms with Crippen LogP contribution in [0.1, 0.15) is 5.56 Å². The number of hydrogen-bond acceptors (Lipinski definition) is 5. The quantitative estimate of drug-likeness (QED) is 0.433. The topological polar surface area (TPSA) is 136 Å². The van der Waals surface area contributed by atoms with Crippen molar-refractivity contribution >= 4 is 16.2 Å². The molecule has 9 heteroatoms. The number of carbonyl (C=O) groups is 1. The molecule has 19 heavy (non-hydrogen) atoms. The van der Waals surface area contributed by atoms with Crippen LogP contribution in [0.4, 0.5) is 0 Å². The Kier molecular flexibility index (Phi) is 4.70. The molecule has 0 aliphatic heterocycles. The van der Waals surface area contributed by atoms with Gasteiger partial charge in [-0.25, -0.2) is 4.72 Å². The fourth-order valence-electron chi connectivity index (χ4n) is 1.36. The summed E-state index contributed by atoms with van der Waals surface area (Å²) in [5.74, 6) is -2.10. The lowest BCUT2D eigenvalue weighted by Crippen LogP contribution is -2.46. The molecule has 0 fully saturated rings. The minimum absolute atomic E-state index is 0.177. The predicted octanol–water partition coefficient (Wildman–Crippen LogP) is -0.853. The largest absolute Gasteiger partial charge is 0.504 e. The molecule has 5 N–H and O–H groups in total. The van der Waals surface area contributed by atoms with E-state index >= 15 is 0 Å². The van der Waals surface area contributed by atoms with Crippen molar-refractivity contribution in [3.8, 4) is 11.5 Å². The van der Waals surface area contributed by atoms with Crippen molar-refractivity contribution in [1.82, 2.24) is 9.44 Å². The maximum absolute atomic E-state index is 11.3. The lowest BCUT2D eigenvalue weighted by Gasteiger charge is -2.14. The molecular formula is C10H14N2O6S. The Bertz CT molecular complexity index is 571. The van der Waals surface area contributed by atoms with Crippen LogP contribution in [0, 0.1) is 0 Å². The van der Waals surface area contributed by atoms with Gasteiger partial charge < -0.3 is 15.3 Å². The first-order chi connectivity index (χ1) is 8.75. The third-order valence-electron chi connectivity index (χ3n) is 2.34. The number of phenols is 2. The Morgan fingerprint density at radius 2 is 1.95 bits per heavy atom. The number of aliphatic carboxylic acids is 1. The SMILES string of the molecule is CNS(=O)(=O)N[C@@H](Cc1ccc(O)c(O)c1)C(=O)O. The average molecular weight is 290 g/mol. The van der Waals surface area contributed by atoms with Crippen LogP contribution in [0.3, 0.4) is 0 Å². The third-order valence-corrected chi connectivity index (χ3v) is 3.48. The minimum atomic E-state index is -3.89. The highest BCUT2D eigenvalue weighted by Gasteiger charge is 2.23. The van der Waals surface area contributed by atoms with Crippen molar-refractivity contribution in [3.63, 3.8) is 0 Å². The number of phenolic OH excluding ortho intramolecular Hbond substituents is 2. The minimum Gasteiger partial charge on any atom is -0.504 e.